The molecule has 1 N–H and O–H groups in total. The molecular formula is C19H22N6O. The van der Waals surface area contributed by atoms with Gasteiger partial charge in [0.25, 0.3) is 5.91 Å². The Labute approximate surface area is 152 Å². The fourth-order valence-electron chi connectivity index (χ4n) is 3.80. The molecule has 134 valence electrons. The summed E-state index contributed by atoms with van der Waals surface area (Å²) in [5, 5.41) is 0.989. The Balaban J connectivity index is 1.56. The van der Waals surface area contributed by atoms with Crippen molar-refractivity contribution in [1.82, 2.24) is 24.8 Å². The van der Waals surface area contributed by atoms with E-state index in [1.807, 2.05) is 36.3 Å². The largest absolute Gasteiger partial charge is 0.357 e. The number of hydrogen-bond acceptors (Lipinski definition) is 5. The van der Waals surface area contributed by atoms with Crippen LogP contribution in [0.5, 0.6) is 0 Å². The minimum Gasteiger partial charge on any atom is -0.357 e. The van der Waals surface area contributed by atoms with E-state index in [1.165, 1.54) is 0 Å². The van der Waals surface area contributed by atoms with Gasteiger partial charge in [0, 0.05) is 38.1 Å². The third kappa shape index (κ3) is 2.89. The summed E-state index contributed by atoms with van der Waals surface area (Å²) in [6.45, 7) is 2.83. The Morgan fingerprint density at radius 2 is 2.15 bits per heavy atom. The predicted molar refractivity (Wildman–Crippen MR) is 100 cm³/mol. The zero-order valence-electron chi connectivity index (χ0n) is 15.0. The van der Waals surface area contributed by atoms with Crippen LogP contribution in [0, 0.1) is 0 Å². The molecule has 4 heterocycles. The third-order valence-corrected chi connectivity index (χ3v) is 5.08. The quantitative estimate of drug-likeness (QED) is 0.782. The molecule has 0 aromatic carbocycles. The highest BCUT2D eigenvalue weighted by Crippen LogP contribution is 2.28. The van der Waals surface area contributed by atoms with E-state index >= 15 is 0 Å². The number of rotatable bonds is 4. The summed E-state index contributed by atoms with van der Waals surface area (Å²) >= 11 is 0. The Hall–Kier alpha value is -2.96. The van der Waals surface area contributed by atoms with Gasteiger partial charge >= 0.3 is 0 Å². The van der Waals surface area contributed by atoms with Crippen LogP contribution in [-0.2, 0) is 0 Å². The predicted octanol–water partition coefficient (Wildman–Crippen LogP) is 2.48. The topological polar surface area (TPSA) is 78.0 Å². The highest BCUT2D eigenvalue weighted by atomic mass is 16.2. The van der Waals surface area contributed by atoms with Gasteiger partial charge in [0.2, 0.25) is 0 Å². The van der Waals surface area contributed by atoms with Crippen molar-refractivity contribution in [2.24, 2.45) is 0 Å². The Bertz CT molecular complexity index is 909. The van der Waals surface area contributed by atoms with E-state index < -0.39 is 0 Å². The lowest BCUT2D eigenvalue weighted by atomic mass is 10.2. The molecule has 1 aliphatic rings. The van der Waals surface area contributed by atoms with E-state index in [-0.39, 0.29) is 18.0 Å². The second kappa shape index (κ2) is 6.74. The van der Waals surface area contributed by atoms with Gasteiger partial charge in [-0.15, -0.1) is 0 Å². The number of hydrogen-bond donors (Lipinski definition) is 1. The normalized spacial score (nSPS) is 19.8. The number of fused-ring (bicyclic) bond motifs is 1. The summed E-state index contributed by atoms with van der Waals surface area (Å²) in [4.78, 5) is 33.1. The molecule has 7 heteroatoms. The maximum Gasteiger partial charge on any atom is 0.272 e. The fraction of sp³-hybridized carbons (Fsp3) is 0.368. The second-order valence-electron chi connectivity index (χ2n) is 6.83. The molecule has 3 aromatic heterocycles. The zero-order valence-corrected chi connectivity index (χ0v) is 15.0. The number of H-pyrrole nitrogens is 1. The van der Waals surface area contributed by atoms with E-state index in [2.05, 4.69) is 31.8 Å². The SMILES string of the molecule is C[C@H]1CC[C@H](CN(C)c2ncnc3[nH]ccc23)N1C(=O)c1ccccn1. The lowest BCUT2D eigenvalue weighted by molar-refractivity contribution is 0.0678. The van der Waals surface area contributed by atoms with Crippen LogP contribution in [-0.4, -0.2) is 56.4 Å². The van der Waals surface area contributed by atoms with E-state index in [9.17, 15) is 4.79 Å². The molecule has 1 fully saturated rings. The molecule has 1 amide bonds. The number of pyridine rings is 1. The van der Waals surface area contributed by atoms with Crippen LogP contribution < -0.4 is 4.90 Å². The molecule has 1 saturated heterocycles. The Morgan fingerprint density at radius 1 is 1.27 bits per heavy atom. The average molecular weight is 350 g/mol. The summed E-state index contributed by atoms with van der Waals surface area (Å²) in [6.07, 6.45) is 7.08. The van der Waals surface area contributed by atoms with Gasteiger partial charge in [0.15, 0.2) is 0 Å². The summed E-state index contributed by atoms with van der Waals surface area (Å²) < 4.78 is 0. The molecule has 26 heavy (non-hydrogen) atoms. The zero-order chi connectivity index (χ0) is 18.1. The van der Waals surface area contributed by atoms with Crippen LogP contribution in [0.25, 0.3) is 11.0 Å². The first-order valence-corrected chi connectivity index (χ1v) is 8.88. The van der Waals surface area contributed by atoms with Crippen LogP contribution in [0.4, 0.5) is 5.82 Å². The van der Waals surface area contributed by atoms with Gasteiger partial charge in [-0.25, -0.2) is 9.97 Å². The lowest BCUT2D eigenvalue weighted by Gasteiger charge is -2.31. The van der Waals surface area contributed by atoms with Gasteiger partial charge in [-0.1, -0.05) is 6.07 Å². The number of aromatic amines is 1. The van der Waals surface area contributed by atoms with Gasteiger partial charge in [-0.3, -0.25) is 9.78 Å². The van der Waals surface area contributed by atoms with E-state index in [0.717, 1.165) is 36.2 Å². The number of amides is 1. The molecule has 0 spiro atoms. The van der Waals surface area contributed by atoms with Crippen LogP contribution in [0.3, 0.4) is 0 Å². The van der Waals surface area contributed by atoms with Gasteiger partial charge in [-0.05, 0) is 38.0 Å². The molecule has 0 aliphatic carbocycles. The molecular weight excluding hydrogens is 328 g/mol. The Morgan fingerprint density at radius 3 is 2.96 bits per heavy atom. The molecule has 3 aromatic rings. The summed E-state index contributed by atoms with van der Waals surface area (Å²) in [5.74, 6) is 0.879. The van der Waals surface area contributed by atoms with Gasteiger partial charge in [0.1, 0.15) is 23.5 Å². The molecule has 2 atom stereocenters. The minimum atomic E-state index is 0.00322. The number of nitrogens with zero attached hydrogens (tertiary/aromatic N) is 5. The highest BCUT2D eigenvalue weighted by molar-refractivity contribution is 5.93. The number of carbonyl (C=O) groups excluding carboxylic acids is 1. The standard InChI is InChI=1S/C19H22N6O/c1-13-6-7-14(25(13)19(26)16-5-3-4-9-20-16)11-24(2)18-15-8-10-21-17(15)22-12-23-18/h3-5,8-10,12-14H,6-7,11H2,1-2H3,(H,21,22,23)/t13-,14+/m0/s1. The maximum atomic E-state index is 13.0. The molecule has 0 saturated carbocycles. The van der Waals surface area contributed by atoms with Crippen molar-refractivity contribution in [3.8, 4) is 0 Å². The van der Waals surface area contributed by atoms with Crippen molar-refractivity contribution >= 4 is 22.8 Å². The van der Waals surface area contributed by atoms with E-state index in [1.54, 1.807) is 18.6 Å². The summed E-state index contributed by atoms with van der Waals surface area (Å²) in [7, 11) is 2.02. The van der Waals surface area contributed by atoms with Crippen molar-refractivity contribution in [2.75, 3.05) is 18.5 Å². The molecule has 0 bridgehead atoms. The molecule has 4 rings (SSSR count). The molecule has 1 aliphatic heterocycles. The second-order valence-corrected chi connectivity index (χ2v) is 6.83. The minimum absolute atomic E-state index is 0.00322. The first-order chi connectivity index (χ1) is 12.6. The monoisotopic (exact) mass is 350 g/mol. The van der Waals surface area contributed by atoms with Crippen molar-refractivity contribution in [2.45, 2.75) is 31.8 Å². The number of likely N-dealkylation sites (tertiary alicyclic amines) is 1. The summed E-state index contributed by atoms with van der Waals surface area (Å²) in [5.41, 5.74) is 1.33. The number of carbonyl (C=O) groups is 1. The number of likely N-dealkylation sites (N-methyl/N-ethyl adjacent to an activating group) is 1. The maximum absolute atomic E-state index is 13.0. The van der Waals surface area contributed by atoms with Crippen LogP contribution in [0.1, 0.15) is 30.3 Å². The van der Waals surface area contributed by atoms with Crippen molar-refractivity contribution in [1.29, 1.82) is 0 Å². The van der Waals surface area contributed by atoms with Crippen molar-refractivity contribution in [3.63, 3.8) is 0 Å². The lowest BCUT2D eigenvalue weighted by Crippen LogP contribution is -2.45. The average Bonchev–Trinajstić information content (AvgIpc) is 3.28. The van der Waals surface area contributed by atoms with Gasteiger partial charge < -0.3 is 14.8 Å². The highest BCUT2D eigenvalue weighted by Gasteiger charge is 2.36. The van der Waals surface area contributed by atoms with Crippen LogP contribution in [0.15, 0.2) is 43.0 Å². The fourth-order valence-corrected chi connectivity index (χ4v) is 3.80. The molecule has 7 nitrogen and oxygen atoms in total. The van der Waals surface area contributed by atoms with Crippen LogP contribution in [0.2, 0.25) is 0 Å². The third-order valence-electron chi connectivity index (χ3n) is 5.08. The molecule has 0 radical (unpaired) electrons. The smallest absolute Gasteiger partial charge is 0.272 e. The van der Waals surface area contributed by atoms with Crippen molar-refractivity contribution < 1.29 is 4.79 Å². The first-order valence-electron chi connectivity index (χ1n) is 8.88. The number of anilines is 1. The first kappa shape index (κ1) is 16.5. The van der Waals surface area contributed by atoms with Crippen LogP contribution >= 0.6 is 0 Å². The summed E-state index contributed by atoms with van der Waals surface area (Å²) in [6, 6.07) is 7.78. The van der Waals surface area contributed by atoms with Crippen molar-refractivity contribution in [3.05, 3.63) is 48.7 Å². The number of aromatic nitrogens is 4. The van der Waals surface area contributed by atoms with Gasteiger partial charge in [-0.2, -0.15) is 0 Å². The Kier molecular flexibility index (Phi) is 4.28. The number of nitrogens with one attached hydrogen (secondary N) is 1. The van der Waals surface area contributed by atoms with Gasteiger partial charge in [0.05, 0.1) is 5.39 Å². The van der Waals surface area contributed by atoms with E-state index in [0.29, 0.717) is 5.69 Å². The molecule has 0 unspecified atom stereocenters. The van der Waals surface area contributed by atoms with E-state index in [4.69, 9.17) is 0 Å².